The number of nitrogens with zero attached hydrogens (tertiary/aromatic N) is 2. The van der Waals surface area contributed by atoms with Crippen molar-refractivity contribution < 1.29 is 9.21 Å². The number of oxazole rings is 1. The first kappa shape index (κ1) is 14.7. The van der Waals surface area contributed by atoms with E-state index in [9.17, 15) is 4.79 Å². The average molecular weight is 322 g/mol. The predicted molar refractivity (Wildman–Crippen MR) is 91.0 cm³/mol. The molecular weight excluding hydrogens is 304 g/mol. The largest absolute Gasteiger partial charge is 0.438 e. The molecule has 1 aliphatic carbocycles. The molecule has 0 spiro atoms. The quantitative estimate of drug-likeness (QED) is 0.682. The van der Waals surface area contributed by atoms with Crippen molar-refractivity contribution in [3.8, 4) is 0 Å². The fourth-order valence-corrected chi connectivity index (χ4v) is 2.68. The van der Waals surface area contributed by atoms with E-state index in [1.807, 2.05) is 36.4 Å². The number of anilines is 1. The van der Waals surface area contributed by atoms with Crippen molar-refractivity contribution in [1.82, 2.24) is 15.3 Å². The highest BCUT2D eigenvalue weighted by Gasteiger charge is 2.31. The molecule has 0 saturated heterocycles. The molecule has 3 aromatic rings. The van der Waals surface area contributed by atoms with Gasteiger partial charge in [0, 0.05) is 24.4 Å². The number of hydrogen-bond acceptors (Lipinski definition) is 5. The van der Waals surface area contributed by atoms with Crippen molar-refractivity contribution in [2.24, 2.45) is 0 Å². The van der Waals surface area contributed by atoms with Crippen molar-refractivity contribution in [2.75, 3.05) is 18.4 Å². The summed E-state index contributed by atoms with van der Waals surface area (Å²) in [5, 5.41) is 7.17. The van der Waals surface area contributed by atoms with Crippen LogP contribution in [-0.4, -0.2) is 29.0 Å². The summed E-state index contributed by atoms with van der Waals surface area (Å²) in [4.78, 5) is 20.8. The Morgan fingerprint density at radius 3 is 2.92 bits per heavy atom. The molecule has 0 aliphatic heterocycles. The van der Waals surface area contributed by atoms with Crippen LogP contribution in [0.1, 0.15) is 35.0 Å². The van der Waals surface area contributed by atoms with E-state index < -0.39 is 0 Å². The monoisotopic (exact) mass is 322 g/mol. The third-order valence-electron chi connectivity index (χ3n) is 4.08. The van der Waals surface area contributed by atoms with Crippen molar-refractivity contribution in [1.29, 1.82) is 0 Å². The fraction of sp³-hybridized carbons (Fsp3) is 0.278. The summed E-state index contributed by atoms with van der Waals surface area (Å²) in [6, 6.07) is 11.9. The van der Waals surface area contributed by atoms with Gasteiger partial charge in [-0.2, -0.15) is 0 Å². The van der Waals surface area contributed by atoms with Crippen LogP contribution in [0.5, 0.6) is 0 Å². The Morgan fingerprint density at radius 2 is 2.04 bits per heavy atom. The average Bonchev–Trinajstić information content (AvgIpc) is 3.35. The highest BCUT2D eigenvalue weighted by atomic mass is 16.3. The summed E-state index contributed by atoms with van der Waals surface area (Å²) in [7, 11) is 0. The number of amides is 1. The van der Waals surface area contributed by atoms with E-state index in [1.54, 1.807) is 0 Å². The highest BCUT2D eigenvalue weighted by molar-refractivity contribution is 5.92. The van der Waals surface area contributed by atoms with E-state index in [4.69, 9.17) is 4.42 Å². The van der Waals surface area contributed by atoms with Gasteiger partial charge in [0.05, 0.1) is 11.2 Å². The first-order valence-electron chi connectivity index (χ1n) is 8.12. The number of pyridine rings is 1. The summed E-state index contributed by atoms with van der Waals surface area (Å²) < 4.78 is 5.24. The second kappa shape index (κ2) is 6.31. The zero-order valence-corrected chi connectivity index (χ0v) is 13.2. The maximum absolute atomic E-state index is 12.2. The van der Waals surface area contributed by atoms with Crippen LogP contribution < -0.4 is 10.6 Å². The number of rotatable bonds is 6. The van der Waals surface area contributed by atoms with Crippen LogP contribution in [-0.2, 0) is 0 Å². The summed E-state index contributed by atoms with van der Waals surface area (Å²) in [6.07, 6.45) is 3.52. The smallest absolute Gasteiger partial charge is 0.289 e. The SMILES string of the molecule is O=C(NCCNc1ccc2ccccc2n1)c1ocnc1C1CC1. The molecule has 2 N–H and O–H groups in total. The second-order valence-corrected chi connectivity index (χ2v) is 5.91. The summed E-state index contributed by atoms with van der Waals surface area (Å²) in [6.45, 7) is 1.07. The Labute approximate surface area is 139 Å². The number of aromatic nitrogens is 2. The summed E-state index contributed by atoms with van der Waals surface area (Å²) in [5.74, 6) is 1.33. The molecule has 4 rings (SSSR count). The molecule has 6 nitrogen and oxygen atoms in total. The number of carbonyl (C=O) groups is 1. The van der Waals surface area contributed by atoms with E-state index in [0.717, 1.165) is 35.3 Å². The van der Waals surface area contributed by atoms with Gasteiger partial charge in [0.1, 0.15) is 5.82 Å². The Balaban J connectivity index is 1.30. The Bertz CT molecular complexity index is 870. The molecular formula is C18H18N4O2. The molecule has 122 valence electrons. The van der Waals surface area contributed by atoms with Gasteiger partial charge in [0.25, 0.3) is 5.91 Å². The van der Waals surface area contributed by atoms with Gasteiger partial charge in [0.15, 0.2) is 6.39 Å². The molecule has 1 aromatic carbocycles. The predicted octanol–water partition coefficient (Wildman–Crippen LogP) is 2.94. The number of para-hydroxylation sites is 1. The van der Waals surface area contributed by atoms with Gasteiger partial charge in [-0.3, -0.25) is 4.79 Å². The van der Waals surface area contributed by atoms with E-state index in [2.05, 4.69) is 20.6 Å². The normalized spacial score (nSPS) is 13.8. The van der Waals surface area contributed by atoms with Crippen LogP contribution >= 0.6 is 0 Å². The molecule has 0 unspecified atom stereocenters. The third kappa shape index (κ3) is 3.08. The molecule has 1 aliphatic rings. The Hall–Kier alpha value is -2.89. The number of benzene rings is 1. The van der Waals surface area contributed by atoms with Gasteiger partial charge in [-0.25, -0.2) is 9.97 Å². The van der Waals surface area contributed by atoms with Gasteiger partial charge in [-0.1, -0.05) is 18.2 Å². The van der Waals surface area contributed by atoms with Crippen LogP contribution in [0.3, 0.4) is 0 Å². The molecule has 1 amide bonds. The van der Waals surface area contributed by atoms with E-state index in [0.29, 0.717) is 24.8 Å². The first-order valence-corrected chi connectivity index (χ1v) is 8.12. The molecule has 2 aromatic heterocycles. The molecule has 6 heteroatoms. The molecule has 0 radical (unpaired) electrons. The topological polar surface area (TPSA) is 80.0 Å². The standard InChI is InChI=1S/C18H18N4O2/c23-18(17-16(13-5-6-13)21-11-24-17)20-10-9-19-15-8-7-12-3-1-2-4-14(12)22-15/h1-4,7-8,11,13H,5-6,9-10H2,(H,19,22)(H,20,23). The lowest BCUT2D eigenvalue weighted by atomic mass is 10.2. The molecule has 24 heavy (non-hydrogen) atoms. The lowest BCUT2D eigenvalue weighted by molar-refractivity contribution is 0.0926. The lowest BCUT2D eigenvalue weighted by Gasteiger charge is -2.08. The van der Waals surface area contributed by atoms with Crippen molar-refractivity contribution in [2.45, 2.75) is 18.8 Å². The van der Waals surface area contributed by atoms with E-state index in [-0.39, 0.29) is 5.91 Å². The van der Waals surface area contributed by atoms with Crippen LogP contribution in [0.15, 0.2) is 47.2 Å². The van der Waals surface area contributed by atoms with Crippen molar-refractivity contribution >= 4 is 22.6 Å². The molecule has 1 saturated carbocycles. The van der Waals surface area contributed by atoms with Gasteiger partial charge in [-0.15, -0.1) is 0 Å². The second-order valence-electron chi connectivity index (χ2n) is 5.91. The van der Waals surface area contributed by atoms with Crippen LogP contribution in [0.2, 0.25) is 0 Å². The van der Waals surface area contributed by atoms with Gasteiger partial charge >= 0.3 is 0 Å². The highest BCUT2D eigenvalue weighted by Crippen LogP contribution is 2.40. The van der Waals surface area contributed by atoms with Crippen LogP contribution in [0.25, 0.3) is 10.9 Å². The molecule has 0 bridgehead atoms. The van der Waals surface area contributed by atoms with Crippen molar-refractivity contribution in [3.63, 3.8) is 0 Å². The number of hydrogen-bond donors (Lipinski definition) is 2. The van der Waals surface area contributed by atoms with E-state index in [1.165, 1.54) is 6.39 Å². The lowest BCUT2D eigenvalue weighted by Crippen LogP contribution is -2.29. The van der Waals surface area contributed by atoms with Crippen LogP contribution in [0, 0.1) is 0 Å². The third-order valence-corrected chi connectivity index (χ3v) is 4.08. The van der Waals surface area contributed by atoms with E-state index >= 15 is 0 Å². The maximum atomic E-state index is 12.2. The van der Waals surface area contributed by atoms with Gasteiger partial charge < -0.3 is 15.1 Å². The molecule has 0 atom stereocenters. The maximum Gasteiger partial charge on any atom is 0.289 e. The minimum Gasteiger partial charge on any atom is -0.438 e. The Morgan fingerprint density at radius 1 is 1.17 bits per heavy atom. The summed E-state index contributed by atoms with van der Waals surface area (Å²) >= 11 is 0. The fourth-order valence-electron chi connectivity index (χ4n) is 2.68. The number of nitrogens with one attached hydrogen (secondary N) is 2. The van der Waals surface area contributed by atoms with Gasteiger partial charge in [-0.05, 0) is 31.0 Å². The minimum atomic E-state index is -0.206. The van der Waals surface area contributed by atoms with Gasteiger partial charge in [0.2, 0.25) is 5.76 Å². The zero-order valence-electron chi connectivity index (χ0n) is 13.2. The minimum absolute atomic E-state index is 0.206. The number of fused-ring (bicyclic) bond motifs is 1. The Kier molecular flexibility index (Phi) is 3.86. The van der Waals surface area contributed by atoms with Crippen LogP contribution in [0.4, 0.5) is 5.82 Å². The summed E-state index contributed by atoms with van der Waals surface area (Å²) in [5.41, 5.74) is 1.74. The molecule has 2 heterocycles. The zero-order chi connectivity index (χ0) is 16.4. The first-order chi connectivity index (χ1) is 11.8. The number of carbonyl (C=O) groups excluding carboxylic acids is 1. The molecule has 1 fully saturated rings. The van der Waals surface area contributed by atoms with Crippen molar-refractivity contribution in [3.05, 3.63) is 54.2 Å².